The van der Waals surface area contributed by atoms with Gasteiger partial charge in [0.15, 0.2) is 11.5 Å². The molecule has 86 valence electrons. The summed E-state index contributed by atoms with van der Waals surface area (Å²) in [6, 6.07) is 1.65. The maximum atomic E-state index is 10.6. The Bertz CT molecular complexity index is 453. The van der Waals surface area contributed by atoms with Crippen LogP contribution in [-0.2, 0) is 4.79 Å². The molecule has 0 atom stereocenters. The molecular weight excluding hydrogens is 340 g/mol. The molecule has 0 bridgehead atoms. The number of phenolic OH excluding ortho intramolecular Hbond substituents is 1. The average molecular weight is 350 g/mol. The Balaban J connectivity index is 3.47. The molecule has 0 heterocycles. The summed E-state index contributed by atoms with van der Waals surface area (Å²) in [6.07, 6.45) is 2.30. The van der Waals surface area contributed by atoms with Gasteiger partial charge in [-0.25, -0.2) is 0 Å². The topological polar surface area (TPSA) is 46.5 Å². The molecule has 0 saturated carbocycles. The molecule has 0 amide bonds. The molecule has 16 heavy (non-hydrogen) atoms. The normalized spacial score (nSPS) is 11.4. The number of phenols is 1. The maximum Gasteiger partial charge on any atom is 0.166 e. The van der Waals surface area contributed by atoms with E-state index in [9.17, 15) is 9.90 Å². The molecule has 0 aliphatic carbocycles. The Morgan fingerprint density at radius 2 is 2.12 bits per heavy atom. The highest BCUT2D eigenvalue weighted by Crippen LogP contribution is 2.41. The first-order valence-corrected chi connectivity index (χ1v) is 5.98. The number of carbonyl (C=O) groups is 1. The van der Waals surface area contributed by atoms with E-state index in [-0.39, 0.29) is 5.75 Å². The fraction of sp³-hybridized carbons (Fsp3) is 0.182. The number of rotatable bonds is 3. The maximum absolute atomic E-state index is 10.6. The number of hydrogen-bond acceptors (Lipinski definition) is 3. The molecule has 1 aromatic rings. The predicted octanol–water partition coefficient (Wildman–Crippen LogP) is 3.53. The minimum atomic E-state index is -0.00113. The van der Waals surface area contributed by atoms with Crippen LogP contribution in [0.5, 0.6) is 11.5 Å². The lowest BCUT2D eigenvalue weighted by Crippen LogP contribution is -1.89. The van der Waals surface area contributed by atoms with Gasteiger partial charge in [-0.1, -0.05) is 0 Å². The molecule has 5 heteroatoms. The van der Waals surface area contributed by atoms with E-state index in [2.05, 4.69) is 31.9 Å². The van der Waals surface area contributed by atoms with Crippen molar-refractivity contribution in [3.63, 3.8) is 0 Å². The van der Waals surface area contributed by atoms with Crippen molar-refractivity contribution in [3.05, 3.63) is 26.1 Å². The summed E-state index contributed by atoms with van der Waals surface area (Å²) in [5.41, 5.74) is 1.02. The standard InChI is InChI=1S/C11H10Br2O3/c1-6(5-14)3-7-10(13)8(12)4-9(16-2)11(7)15/h3-5,15H,1-2H3/b6-3-. The number of benzene rings is 1. The zero-order valence-electron chi connectivity index (χ0n) is 8.75. The van der Waals surface area contributed by atoms with Crippen LogP contribution in [0.1, 0.15) is 12.5 Å². The molecule has 0 fully saturated rings. The van der Waals surface area contributed by atoms with Crippen molar-refractivity contribution in [2.45, 2.75) is 6.92 Å². The predicted molar refractivity (Wildman–Crippen MR) is 69.8 cm³/mol. The summed E-state index contributed by atoms with van der Waals surface area (Å²) in [5, 5.41) is 9.90. The number of aldehydes is 1. The van der Waals surface area contributed by atoms with Gasteiger partial charge in [0.2, 0.25) is 0 Å². The van der Waals surface area contributed by atoms with Gasteiger partial charge in [0.05, 0.1) is 7.11 Å². The zero-order valence-corrected chi connectivity index (χ0v) is 11.9. The number of halogens is 2. The number of aromatic hydroxyl groups is 1. The second kappa shape index (κ2) is 5.50. The van der Waals surface area contributed by atoms with Crippen LogP contribution in [0.2, 0.25) is 0 Å². The summed E-state index contributed by atoms with van der Waals surface area (Å²) < 4.78 is 6.43. The van der Waals surface area contributed by atoms with Crippen LogP contribution in [0.4, 0.5) is 0 Å². The SMILES string of the molecule is COc1cc(Br)c(Br)c(/C=C(/C)C=O)c1O. The van der Waals surface area contributed by atoms with E-state index in [0.29, 0.717) is 21.4 Å². The first kappa shape index (κ1) is 13.3. The molecule has 1 N–H and O–H groups in total. The molecular formula is C11H10Br2O3. The Kier molecular flexibility index (Phi) is 4.56. The Hall–Kier alpha value is -0.810. The first-order valence-electron chi connectivity index (χ1n) is 4.39. The third-order valence-corrected chi connectivity index (χ3v) is 3.98. The number of ether oxygens (including phenoxy) is 1. The molecule has 0 aromatic heterocycles. The van der Waals surface area contributed by atoms with Crippen LogP contribution in [0.15, 0.2) is 20.6 Å². The number of hydrogen-bond donors (Lipinski definition) is 1. The van der Waals surface area contributed by atoms with Gasteiger partial charge in [-0.05, 0) is 56.5 Å². The van der Waals surface area contributed by atoms with Crippen molar-refractivity contribution in [2.24, 2.45) is 0 Å². The van der Waals surface area contributed by atoms with Crippen molar-refractivity contribution >= 4 is 44.2 Å². The summed E-state index contributed by atoms with van der Waals surface area (Å²) in [4.78, 5) is 10.6. The van der Waals surface area contributed by atoms with Gasteiger partial charge in [0.1, 0.15) is 6.29 Å². The highest BCUT2D eigenvalue weighted by Gasteiger charge is 2.13. The van der Waals surface area contributed by atoms with Crippen molar-refractivity contribution in [2.75, 3.05) is 7.11 Å². The third-order valence-electron chi connectivity index (χ3n) is 1.97. The van der Waals surface area contributed by atoms with E-state index in [4.69, 9.17) is 4.74 Å². The fourth-order valence-corrected chi connectivity index (χ4v) is 2.00. The molecule has 0 spiro atoms. The Morgan fingerprint density at radius 1 is 1.50 bits per heavy atom. The molecule has 0 aliphatic rings. The van der Waals surface area contributed by atoms with E-state index >= 15 is 0 Å². The van der Waals surface area contributed by atoms with E-state index in [1.54, 1.807) is 19.1 Å². The molecule has 3 nitrogen and oxygen atoms in total. The molecule has 0 saturated heterocycles. The van der Waals surface area contributed by atoms with E-state index < -0.39 is 0 Å². The lowest BCUT2D eigenvalue weighted by molar-refractivity contribution is -0.104. The molecule has 0 unspecified atom stereocenters. The van der Waals surface area contributed by atoms with Gasteiger partial charge in [-0.15, -0.1) is 0 Å². The third kappa shape index (κ3) is 2.65. The second-order valence-corrected chi connectivity index (χ2v) is 4.79. The van der Waals surface area contributed by atoms with E-state index in [1.165, 1.54) is 7.11 Å². The molecule has 0 radical (unpaired) electrons. The quantitative estimate of drug-likeness (QED) is 0.670. The highest BCUT2D eigenvalue weighted by atomic mass is 79.9. The van der Waals surface area contributed by atoms with Crippen molar-refractivity contribution < 1.29 is 14.6 Å². The van der Waals surface area contributed by atoms with Crippen LogP contribution in [-0.4, -0.2) is 18.5 Å². The summed E-state index contributed by atoms with van der Waals surface area (Å²) in [5.74, 6) is 0.346. The first-order chi connectivity index (χ1) is 7.51. The van der Waals surface area contributed by atoms with E-state index in [1.807, 2.05) is 0 Å². The van der Waals surface area contributed by atoms with Gasteiger partial charge in [0.25, 0.3) is 0 Å². The van der Waals surface area contributed by atoms with Gasteiger partial charge in [-0.2, -0.15) is 0 Å². The van der Waals surface area contributed by atoms with Crippen molar-refractivity contribution in [1.29, 1.82) is 0 Å². The summed E-state index contributed by atoms with van der Waals surface area (Å²) in [7, 11) is 1.47. The Morgan fingerprint density at radius 3 is 2.62 bits per heavy atom. The second-order valence-electron chi connectivity index (χ2n) is 3.14. The smallest absolute Gasteiger partial charge is 0.166 e. The monoisotopic (exact) mass is 348 g/mol. The lowest BCUT2D eigenvalue weighted by atomic mass is 10.1. The van der Waals surface area contributed by atoms with Crippen LogP contribution in [0, 0.1) is 0 Å². The van der Waals surface area contributed by atoms with Gasteiger partial charge < -0.3 is 9.84 Å². The van der Waals surface area contributed by atoms with Gasteiger partial charge in [0, 0.05) is 14.5 Å². The van der Waals surface area contributed by atoms with Crippen LogP contribution >= 0.6 is 31.9 Å². The van der Waals surface area contributed by atoms with E-state index in [0.717, 1.165) is 10.8 Å². The number of methoxy groups -OCH3 is 1. The Labute approximate surface area is 110 Å². The molecule has 0 aliphatic heterocycles. The largest absolute Gasteiger partial charge is 0.504 e. The molecule has 1 rings (SSSR count). The van der Waals surface area contributed by atoms with Gasteiger partial charge >= 0.3 is 0 Å². The summed E-state index contributed by atoms with van der Waals surface area (Å²) in [6.45, 7) is 1.66. The van der Waals surface area contributed by atoms with Crippen LogP contribution in [0.3, 0.4) is 0 Å². The van der Waals surface area contributed by atoms with Crippen molar-refractivity contribution in [3.8, 4) is 11.5 Å². The van der Waals surface area contributed by atoms with Gasteiger partial charge in [-0.3, -0.25) is 4.79 Å². The zero-order chi connectivity index (χ0) is 12.3. The summed E-state index contributed by atoms with van der Waals surface area (Å²) >= 11 is 6.66. The van der Waals surface area contributed by atoms with Crippen molar-refractivity contribution in [1.82, 2.24) is 0 Å². The minimum absolute atomic E-state index is 0.00113. The highest BCUT2D eigenvalue weighted by molar-refractivity contribution is 9.13. The molecule has 1 aromatic carbocycles. The van der Waals surface area contributed by atoms with Crippen LogP contribution < -0.4 is 4.74 Å². The number of allylic oxidation sites excluding steroid dienone is 1. The lowest BCUT2D eigenvalue weighted by Gasteiger charge is -2.10. The van der Waals surface area contributed by atoms with Crippen LogP contribution in [0.25, 0.3) is 6.08 Å². The minimum Gasteiger partial charge on any atom is -0.504 e. The average Bonchev–Trinajstić information content (AvgIpc) is 2.28. The fourth-order valence-electron chi connectivity index (χ4n) is 1.16. The number of carbonyl (C=O) groups excluding carboxylic acids is 1.